The molecule has 3 rings (SSSR count). The maximum absolute atomic E-state index is 12.7. The van der Waals surface area contributed by atoms with Gasteiger partial charge >= 0.3 is 0 Å². The first kappa shape index (κ1) is 18.3. The van der Waals surface area contributed by atoms with Gasteiger partial charge in [-0.15, -0.1) is 0 Å². The van der Waals surface area contributed by atoms with Gasteiger partial charge in [0.2, 0.25) is 10.0 Å². The van der Waals surface area contributed by atoms with Gasteiger partial charge in [0, 0.05) is 24.6 Å². The van der Waals surface area contributed by atoms with Crippen LogP contribution in [-0.4, -0.2) is 31.6 Å². The summed E-state index contributed by atoms with van der Waals surface area (Å²) in [5.74, 6) is -0.0643. The summed E-state index contributed by atoms with van der Waals surface area (Å²) in [4.78, 5) is 12.8. The Kier molecular flexibility index (Phi) is 5.21. The lowest BCUT2D eigenvalue weighted by molar-refractivity contribution is 0.0875. The van der Waals surface area contributed by atoms with Crippen LogP contribution < -0.4 is 0 Å². The summed E-state index contributed by atoms with van der Waals surface area (Å²) >= 11 is 0. The van der Waals surface area contributed by atoms with E-state index < -0.39 is 10.0 Å². The summed E-state index contributed by atoms with van der Waals surface area (Å²) in [6, 6.07) is 15.4. The lowest BCUT2D eigenvalue weighted by atomic mass is 9.89. The van der Waals surface area contributed by atoms with Gasteiger partial charge < -0.3 is 0 Å². The maximum Gasteiger partial charge on any atom is 0.243 e. The average molecular weight is 368 g/mol. The zero-order chi connectivity index (χ0) is 18.7. The molecule has 0 aromatic heterocycles. The smallest absolute Gasteiger partial charge is 0.243 e. The van der Waals surface area contributed by atoms with Crippen molar-refractivity contribution in [2.75, 3.05) is 13.1 Å². The van der Waals surface area contributed by atoms with Crippen LogP contribution in [0.5, 0.6) is 0 Å². The van der Waals surface area contributed by atoms with E-state index in [9.17, 15) is 13.2 Å². The summed E-state index contributed by atoms with van der Waals surface area (Å²) in [6.07, 6.45) is 1.03. The number of nitriles is 1. The van der Waals surface area contributed by atoms with Crippen LogP contribution in [-0.2, 0) is 10.0 Å². The third-order valence-corrected chi connectivity index (χ3v) is 6.69. The normalized spacial score (nSPS) is 16.2. The van der Waals surface area contributed by atoms with Crippen molar-refractivity contribution in [1.29, 1.82) is 5.26 Å². The molecule has 1 aliphatic rings. The van der Waals surface area contributed by atoms with Crippen molar-refractivity contribution < 1.29 is 13.2 Å². The molecule has 0 radical (unpaired) electrons. The van der Waals surface area contributed by atoms with Crippen molar-refractivity contribution in [2.24, 2.45) is 5.92 Å². The Morgan fingerprint density at radius 2 is 1.62 bits per heavy atom. The van der Waals surface area contributed by atoms with Crippen LogP contribution in [0.2, 0.25) is 0 Å². The second-order valence-electron chi connectivity index (χ2n) is 6.54. The van der Waals surface area contributed by atoms with Crippen LogP contribution in [0.15, 0.2) is 53.4 Å². The Morgan fingerprint density at radius 1 is 1.04 bits per heavy atom. The van der Waals surface area contributed by atoms with Gasteiger partial charge in [-0.1, -0.05) is 29.8 Å². The van der Waals surface area contributed by atoms with Gasteiger partial charge in [-0.05, 0) is 44.0 Å². The molecule has 0 saturated carbocycles. The van der Waals surface area contributed by atoms with Gasteiger partial charge in [0.25, 0.3) is 0 Å². The lowest BCUT2D eigenvalue weighted by Gasteiger charge is -2.30. The SMILES string of the molecule is Cc1ccc(C(=O)C2CCN(S(=O)(=O)c3ccc(C#N)cc3)CC2)cc1. The van der Waals surface area contributed by atoms with Crippen LogP contribution in [0.4, 0.5) is 0 Å². The summed E-state index contributed by atoms with van der Waals surface area (Å²) in [6.45, 7) is 2.62. The average Bonchev–Trinajstić information content (AvgIpc) is 2.68. The molecule has 1 aliphatic heterocycles. The van der Waals surface area contributed by atoms with E-state index in [1.165, 1.54) is 28.6 Å². The Bertz CT molecular complexity index is 934. The van der Waals surface area contributed by atoms with Crippen LogP contribution in [0, 0.1) is 24.2 Å². The molecule has 2 aromatic carbocycles. The van der Waals surface area contributed by atoms with Crippen LogP contribution in [0.25, 0.3) is 0 Å². The van der Waals surface area contributed by atoms with Crippen molar-refractivity contribution in [2.45, 2.75) is 24.7 Å². The molecule has 0 amide bonds. The van der Waals surface area contributed by atoms with Crippen molar-refractivity contribution in [3.8, 4) is 6.07 Å². The molecule has 5 nitrogen and oxygen atoms in total. The standard InChI is InChI=1S/C20H20N2O3S/c1-15-2-6-17(7-3-15)20(23)18-10-12-22(13-11-18)26(24,25)19-8-4-16(14-21)5-9-19/h2-9,18H,10-13H2,1H3. The highest BCUT2D eigenvalue weighted by molar-refractivity contribution is 7.89. The van der Waals surface area contributed by atoms with Crippen LogP contribution in [0.3, 0.4) is 0 Å². The molecule has 26 heavy (non-hydrogen) atoms. The minimum absolute atomic E-state index is 0.0837. The fourth-order valence-corrected chi connectivity index (χ4v) is 4.63. The quantitative estimate of drug-likeness (QED) is 0.777. The molecular formula is C20H20N2O3S. The van der Waals surface area contributed by atoms with E-state index in [4.69, 9.17) is 5.26 Å². The summed E-state index contributed by atoms with van der Waals surface area (Å²) < 4.78 is 26.9. The number of carbonyl (C=O) groups excluding carboxylic acids is 1. The number of ketones is 1. The van der Waals surface area contributed by atoms with Crippen molar-refractivity contribution in [3.05, 3.63) is 65.2 Å². The van der Waals surface area contributed by atoms with E-state index in [0.29, 0.717) is 37.1 Å². The summed E-state index contributed by atoms with van der Waals surface area (Å²) in [5.41, 5.74) is 2.21. The minimum atomic E-state index is -3.59. The zero-order valence-corrected chi connectivity index (χ0v) is 15.4. The number of sulfonamides is 1. The number of hydrogen-bond donors (Lipinski definition) is 0. The molecule has 0 unspecified atom stereocenters. The molecule has 1 saturated heterocycles. The Labute approximate surface area is 153 Å². The Morgan fingerprint density at radius 3 is 2.15 bits per heavy atom. The number of aryl methyl sites for hydroxylation is 1. The molecule has 1 fully saturated rings. The van der Waals surface area contributed by atoms with Gasteiger partial charge in [0.05, 0.1) is 16.5 Å². The van der Waals surface area contributed by atoms with Gasteiger partial charge in [0.1, 0.15) is 0 Å². The van der Waals surface area contributed by atoms with Gasteiger partial charge in [-0.3, -0.25) is 4.79 Å². The zero-order valence-electron chi connectivity index (χ0n) is 14.6. The van der Waals surface area contributed by atoms with E-state index >= 15 is 0 Å². The van der Waals surface area contributed by atoms with Gasteiger partial charge in [-0.25, -0.2) is 8.42 Å². The van der Waals surface area contributed by atoms with Crippen molar-refractivity contribution in [1.82, 2.24) is 4.31 Å². The molecule has 0 atom stereocenters. The first-order chi connectivity index (χ1) is 12.4. The predicted molar refractivity (Wildman–Crippen MR) is 98.1 cm³/mol. The predicted octanol–water partition coefficient (Wildman–Crippen LogP) is 3.15. The number of nitrogens with zero attached hydrogens (tertiary/aromatic N) is 2. The molecule has 0 bridgehead atoms. The minimum Gasteiger partial charge on any atom is -0.294 e. The Balaban J connectivity index is 1.68. The van der Waals surface area contributed by atoms with Gasteiger partial charge in [-0.2, -0.15) is 9.57 Å². The first-order valence-electron chi connectivity index (χ1n) is 8.53. The third kappa shape index (κ3) is 3.69. The lowest BCUT2D eigenvalue weighted by Crippen LogP contribution is -2.40. The van der Waals surface area contributed by atoms with Crippen molar-refractivity contribution >= 4 is 15.8 Å². The van der Waals surface area contributed by atoms with Crippen LogP contribution in [0.1, 0.15) is 34.3 Å². The molecule has 134 valence electrons. The second-order valence-corrected chi connectivity index (χ2v) is 8.48. The topological polar surface area (TPSA) is 78.2 Å². The molecule has 0 spiro atoms. The number of rotatable bonds is 4. The largest absolute Gasteiger partial charge is 0.294 e. The summed E-state index contributed by atoms with van der Waals surface area (Å²) in [5, 5.41) is 8.83. The fourth-order valence-electron chi connectivity index (χ4n) is 3.16. The Hall–Kier alpha value is -2.49. The monoisotopic (exact) mass is 368 g/mol. The second kappa shape index (κ2) is 7.40. The highest BCUT2D eigenvalue weighted by atomic mass is 32.2. The molecular weight excluding hydrogens is 348 g/mol. The van der Waals surface area contributed by atoms with E-state index in [2.05, 4.69) is 0 Å². The van der Waals surface area contributed by atoms with E-state index in [0.717, 1.165) is 5.56 Å². The first-order valence-corrected chi connectivity index (χ1v) is 9.97. The summed E-state index contributed by atoms with van der Waals surface area (Å²) in [7, 11) is -3.59. The number of Topliss-reactive ketones (excluding diaryl/α,β-unsaturated/α-hetero) is 1. The van der Waals surface area contributed by atoms with E-state index in [-0.39, 0.29) is 16.6 Å². The van der Waals surface area contributed by atoms with Gasteiger partial charge in [0.15, 0.2) is 5.78 Å². The highest BCUT2D eigenvalue weighted by Gasteiger charge is 2.32. The van der Waals surface area contributed by atoms with E-state index in [1.807, 2.05) is 37.3 Å². The molecule has 6 heteroatoms. The molecule has 0 N–H and O–H groups in total. The van der Waals surface area contributed by atoms with Crippen molar-refractivity contribution in [3.63, 3.8) is 0 Å². The number of hydrogen-bond acceptors (Lipinski definition) is 4. The fraction of sp³-hybridized carbons (Fsp3) is 0.300. The molecule has 1 heterocycles. The number of piperidine rings is 1. The van der Waals surface area contributed by atoms with Crippen LogP contribution >= 0.6 is 0 Å². The van der Waals surface area contributed by atoms with E-state index in [1.54, 1.807) is 0 Å². The number of carbonyl (C=O) groups is 1. The highest BCUT2D eigenvalue weighted by Crippen LogP contribution is 2.26. The third-order valence-electron chi connectivity index (χ3n) is 4.78. The molecule has 0 aliphatic carbocycles. The molecule has 2 aromatic rings. The maximum atomic E-state index is 12.7. The number of benzene rings is 2.